The van der Waals surface area contributed by atoms with Gasteiger partial charge in [-0.1, -0.05) is 71.0 Å². The van der Waals surface area contributed by atoms with E-state index in [1.165, 1.54) is 16.7 Å². The molecular weight excluding hydrogens is 486 g/mol. The highest BCUT2D eigenvalue weighted by Gasteiger charge is 2.32. The van der Waals surface area contributed by atoms with Crippen LogP contribution in [0, 0.1) is 19.3 Å². The molecular formula is C34H45NO4. The van der Waals surface area contributed by atoms with E-state index >= 15 is 0 Å². The summed E-state index contributed by atoms with van der Waals surface area (Å²) in [7, 11) is 0. The summed E-state index contributed by atoms with van der Waals surface area (Å²) in [5, 5.41) is 0. The standard InChI is InChI=1S/C34H45NO4/c1-9-34(10-2,28-14-17-31(25(5)21-28)37-23-32(36)33(6,7)8)27-13-15-29(24(4)20-27)30-16-12-26(22-35-30)18-19-39-38-11-3/h12-17,20-22H,9-11,18-19,23H2,1-8H3. The van der Waals surface area contributed by atoms with Crippen molar-refractivity contribution in [1.29, 1.82) is 0 Å². The molecule has 3 aromatic rings. The van der Waals surface area contributed by atoms with Gasteiger partial charge in [0.25, 0.3) is 0 Å². The van der Waals surface area contributed by atoms with E-state index < -0.39 is 5.41 Å². The number of rotatable bonds is 13. The topological polar surface area (TPSA) is 57.7 Å². The second kappa shape index (κ2) is 13.4. The van der Waals surface area contributed by atoms with Crippen molar-refractivity contribution in [3.63, 3.8) is 0 Å². The van der Waals surface area contributed by atoms with Gasteiger partial charge in [0, 0.05) is 29.0 Å². The molecule has 5 heteroatoms. The highest BCUT2D eigenvalue weighted by atomic mass is 17.2. The first-order valence-corrected chi connectivity index (χ1v) is 14.1. The van der Waals surface area contributed by atoms with Gasteiger partial charge in [-0.15, -0.1) is 0 Å². The van der Waals surface area contributed by atoms with Crippen LogP contribution in [0.4, 0.5) is 0 Å². The number of carbonyl (C=O) groups is 1. The van der Waals surface area contributed by atoms with Gasteiger partial charge in [0.15, 0.2) is 5.78 Å². The molecule has 0 aliphatic rings. The molecule has 0 saturated heterocycles. The normalized spacial score (nSPS) is 12.0. The van der Waals surface area contributed by atoms with Crippen molar-refractivity contribution in [3.8, 4) is 17.0 Å². The number of pyridine rings is 1. The minimum atomic E-state index is -0.409. The van der Waals surface area contributed by atoms with Crippen molar-refractivity contribution in [2.45, 2.75) is 80.1 Å². The molecule has 5 nitrogen and oxygen atoms in total. The van der Waals surface area contributed by atoms with Crippen molar-refractivity contribution >= 4 is 5.78 Å². The summed E-state index contributed by atoms with van der Waals surface area (Å²) in [6.45, 7) is 17.5. The quantitative estimate of drug-likeness (QED) is 0.127. The summed E-state index contributed by atoms with van der Waals surface area (Å²) in [6, 6.07) is 17.4. The van der Waals surface area contributed by atoms with Crippen LogP contribution in [0.5, 0.6) is 5.75 Å². The van der Waals surface area contributed by atoms with Crippen molar-refractivity contribution < 1.29 is 19.3 Å². The summed E-state index contributed by atoms with van der Waals surface area (Å²) >= 11 is 0. The molecule has 0 aliphatic carbocycles. The van der Waals surface area contributed by atoms with Gasteiger partial charge in [0.1, 0.15) is 12.4 Å². The third-order valence-electron chi connectivity index (χ3n) is 7.68. The zero-order valence-electron chi connectivity index (χ0n) is 25.0. The third-order valence-corrected chi connectivity index (χ3v) is 7.68. The van der Waals surface area contributed by atoms with E-state index in [-0.39, 0.29) is 17.8 Å². The molecule has 0 amide bonds. The second-order valence-corrected chi connectivity index (χ2v) is 11.3. The van der Waals surface area contributed by atoms with Crippen LogP contribution in [0.2, 0.25) is 0 Å². The first-order valence-electron chi connectivity index (χ1n) is 14.1. The lowest BCUT2D eigenvalue weighted by Gasteiger charge is -2.34. The summed E-state index contributed by atoms with van der Waals surface area (Å²) in [5.41, 5.74) is 7.52. The van der Waals surface area contributed by atoms with E-state index in [9.17, 15) is 4.79 Å². The Morgan fingerprint density at radius 1 is 0.846 bits per heavy atom. The van der Waals surface area contributed by atoms with E-state index in [1.54, 1.807) is 0 Å². The number of aromatic nitrogens is 1. The lowest BCUT2D eigenvalue weighted by molar-refractivity contribution is -0.290. The molecule has 0 N–H and O–H groups in total. The van der Waals surface area contributed by atoms with E-state index in [4.69, 9.17) is 19.5 Å². The van der Waals surface area contributed by atoms with Crippen LogP contribution < -0.4 is 4.74 Å². The van der Waals surface area contributed by atoms with Crippen LogP contribution in [0.15, 0.2) is 54.7 Å². The molecule has 0 unspecified atom stereocenters. The molecule has 2 aromatic carbocycles. The Morgan fingerprint density at radius 3 is 2.05 bits per heavy atom. The highest BCUT2D eigenvalue weighted by molar-refractivity contribution is 5.85. The van der Waals surface area contributed by atoms with Crippen LogP contribution in [0.25, 0.3) is 11.3 Å². The molecule has 39 heavy (non-hydrogen) atoms. The van der Waals surface area contributed by atoms with Crippen LogP contribution >= 0.6 is 0 Å². The van der Waals surface area contributed by atoms with Gasteiger partial charge in [-0.3, -0.25) is 9.78 Å². The number of benzene rings is 2. The maximum atomic E-state index is 12.4. The smallest absolute Gasteiger partial charge is 0.175 e. The van der Waals surface area contributed by atoms with Crippen LogP contribution in [0.3, 0.4) is 0 Å². The molecule has 0 aliphatic heterocycles. The van der Waals surface area contributed by atoms with Gasteiger partial charge < -0.3 is 4.74 Å². The molecule has 1 aromatic heterocycles. The van der Waals surface area contributed by atoms with Gasteiger partial charge in [0.2, 0.25) is 0 Å². The van der Waals surface area contributed by atoms with Gasteiger partial charge >= 0.3 is 0 Å². The SMILES string of the molecule is CCOOCCc1ccc(-c2ccc(C(CC)(CC)c3ccc(OCC(=O)C(C)(C)C)c(C)c3)cc2C)nc1. The van der Waals surface area contributed by atoms with Crippen LogP contribution in [-0.2, 0) is 26.4 Å². The zero-order valence-corrected chi connectivity index (χ0v) is 25.0. The molecule has 1 heterocycles. The molecule has 0 radical (unpaired) electrons. The Kier molecular flexibility index (Phi) is 10.5. The second-order valence-electron chi connectivity index (χ2n) is 11.3. The summed E-state index contributed by atoms with van der Waals surface area (Å²) in [5.74, 6) is 0.862. The summed E-state index contributed by atoms with van der Waals surface area (Å²) in [6.07, 6.45) is 4.63. The Labute approximate surface area is 234 Å². The monoisotopic (exact) mass is 531 g/mol. The van der Waals surface area contributed by atoms with Gasteiger partial charge in [-0.05, 0) is 73.6 Å². The Hall–Kier alpha value is -3.02. The van der Waals surface area contributed by atoms with Gasteiger partial charge in [-0.25, -0.2) is 9.78 Å². The lowest BCUT2D eigenvalue weighted by atomic mass is 9.69. The molecule has 0 fully saturated rings. The number of Topliss-reactive ketones (excluding diaryl/α,β-unsaturated/α-hetero) is 1. The molecule has 0 saturated carbocycles. The van der Waals surface area contributed by atoms with Crippen molar-refractivity contribution in [2.24, 2.45) is 5.41 Å². The van der Waals surface area contributed by atoms with Gasteiger partial charge in [-0.2, -0.15) is 0 Å². The molecule has 210 valence electrons. The minimum Gasteiger partial charge on any atom is -0.486 e. The predicted octanol–water partition coefficient (Wildman–Crippen LogP) is 7.98. The Bertz CT molecular complexity index is 1240. The lowest BCUT2D eigenvalue weighted by Crippen LogP contribution is -2.27. The first-order chi connectivity index (χ1) is 18.6. The number of aryl methyl sites for hydroxylation is 2. The fraction of sp³-hybridized carbons (Fsp3) is 0.471. The highest BCUT2D eigenvalue weighted by Crippen LogP contribution is 2.41. The summed E-state index contributed by atoms with van der Waals surface area (Å²) in [4.78, 5) is 27.2. The Balaban J connectivity index is 1.83. The van der Waals surface area contributed by atoms with Crippen LogP contribution in [-0.4, -0.2) is 30.6 Å². The number of ether oxygens (including phenoxy) is 1. The fourth-order valence-electron chi connectivity index (χ4n) is 4.98. The first kappa shape index (κ1) is 30.5. The van der Waals surface area contributed by atoms with Gasteiger partial charge in [0.05, 0.1) is 18.9 Å². The Morgan fingerprint density at radius 2 is 1.51 bits per heavy atom. The number of ketones is 1. The fourth-order valence-corrected chi connectivity index (χ4v) is 4.98. The number of hydrogen-bond acceptors (Lipinski definition) is 5. The molecule has 0 bridgehead atoms. The van der Waals surface area contributed by atoms with Crippen molar-refractivity contribution in [1.82, 2.24) is 4.98 Å². The van der Waals surface area contributed by atoms with Crippen molar-refractivity contribution in [2.75, 3.05) is 19.8 Å². The molecule has 0 spiro atoms. The minimum absolute atomic E-state index is 0.0904. The van der Waals surface area contributed by atoms with E-state index in [1.807, 2.05) is 40.0 Å². The average Bonchev–Trinajstić information content (AvgIpc) is 2.91. The molecule has 3 rings (SSSR count). The number of hydrogen-bond donors (Lipinski definition) is 0. The predicted molar refractivity (Wildman–Crippen MR) is 158 cm³/mol. The summed E-state index contributed by atoms with van der Waals surface area (Å²) < 4.78 is 5.92. The van der Waals surface area contributed by atoms with E-state index in [0.717, 1.165) is 47.4 Å². The van der Waals surface area contributed by atoms with E-state index in [2.05, 4.69) is 70.2 Å². The van der Waals surface area contributed by atoms with E-state index in [0.29, 0.717) is 13.2 Å². The van der Waals surface area contributed by atoms with Crippen LogP contribution in [0.1, 0.15) is 82.2 Å². The maximum absolute atomic E-state index is 12.4. The number of nitrogens with zero attached hydrogens (tertiary/aromatic N) is 1. The maximum Gasteiger partial charge on any atom is 0.175 e. The zero-order chi connectivity index (χ0) is 28.6. The largest absolute Gasteiger partial charge is 0.486 e. The van der Waals surface area contributed by atoms with Crippen molar-refractivity contribution in [3.05, 3.63) is 82.5 Å². The third kappa shape index (κ3) is 7.34. The molecule has 0 atom stereocenters. The average molecular weight is 532 g/mol. The number of carbonyl (C=O) groups excluding carboxylic acids is 1.